The standard InChI is InChI=1S/C18H18N4O2S2/c1-4-22(5-2)18-21-17-15(26-18)9-14(25-17)16(23)20-11-6-7-13-12(8-11)19-10(3)24-13/h6-9H,4-5H2,1-3H3,(H,20,23). The average molecular weight is 387 g/mol. The van der Waals surface area contributed by atoms with E-state index in [1.807, 2.05) is 24.3 Å². The summed E-state index contributed by atoms with van der Waals surface area (Å²) >= 11 is 3.04. The van der Waals surface area contributed by atoms with Crippen LogP contribution >= 0.6 is 22.7 Å². The second kappa shape index (κ2) is 6.69. The first-order valence-electron chi connectivity index (χ1n) is 8.41. The molecule has 6 nitrogen and oxygen atoms in total. The third-order valence-electron chi connectivity index (χ3n) is 4.09. The number of thiophene rings is 1. The van der Waals surface area contributed by atoms with Crippen molar-refractivity contribution >= 4 is 60.0 Å². The Morgan fingerprint density at radius 1 is 1.19 bits per heavy atom. The van der Waals surface area contributed by atoms with Crippen LogP contribution in [0.2, 0.25) is 0 Å². The van der Waals surface area contributed by atoms with Crippen LogP contribution in [0.5, 0.6) is 0 Å². The predicted molar refractivity (Wildman–Crippen MR) is 108 cm³/mol. The second-order valence-corrected chi connectivity index (χ2v) is 7.86. The highest BCUT2D eigenvalue weighted by Gasteiger charge is 2.16. The Morgan fingerprint density at radius 3 is 2.73 bits per heavy atom. The van der Waals surface area contributed by atoms with Crippen LogP contribution in [0.3, 0.4) is 0 Å². The van der Waals surface area contributed by atoms with Crippen LogP contribution in [0.15, 0.2) is 28.7 Å². The summed E-state index contributed by atoms with van der Waals surface area (Å²) in [6.07, 6.45) is 0. The monoisotopic (exact) mass is 386 g/mol. The van der Waals surface area contributed by atoms with E-state index in [-0.39, 0.29) is 5.91 Å². The fourth-order valence-corrected chi connectivity index (χ4v) is 5.01. The van der Waals surface area contributed by atoms with Crippen molar-refractivity contribution in [2.75, 3.05) is 23.3 Å². The van der Waals surface area contributed by atoms with Gasteiger partial charge in [-0.2, -0.15) is 0 Å². The molecule has 0 aliphatic carbocycles. The molecule has 8 heteroatoms. The molecule has 4 rings (SSSR count). The lowest BCUT2D eigenvalue weighted by molar-refractivity contribution is 0.103. The zero-order valence-electron chi connectivity index (χ0n) is 14.7. The van der Waals surface area contributed by atoms with E-state index in [4.69, 9.17) is 4.42 Å². The van der Waals surface area contributed by atoms with Gasteiger partial charge in [0.05, 0.1) is 9.58 Å². The Bertz CT molecular complexity index is 1060. The molecule has 0 fully saturated rings. The number of amides is 1. The largest absolute Gasteiger partial charge is 0.441 e. The number of nitrogens with one attached hydrogen (secondary N) is 1. The van der Waals surface area contributed by atoms with Gasteiger partial charge in [-0.1, -0.05) is 11.3 Å². The number of anilines is 2. The maximum absolute atomic E-state index is 12.6. The molecule has 26 heavy (non-hydrogen) atoms. The van der Waals surface area contributed by atoms with Crippen molar-refractivity contribution in [1.82, 2.24) is 9.97 Å². The quantitative estimate of drug-likeness (QED) is 0.528. The van der Waals surface area contributed by atoms with Crippen LogP contribution in [-0.4, -0.2) is 29.0 Å². The highest BCUT2D eigenvalue weighted by molar-refractivity contribution is 7.29. The van der Waals surface area contributed by atoms with E-state index in [0.717, 1.165) is 33.3 Å². The van der Waals surface area contributed by atoms with Crippen molar-refractivity contribution < 1.29 is 9.21 Å². The van der Waals surface area contributed by atoms with Crippen LogP contribution in [0.1, 0.15) is 29.4 Å². The van der Waals surface area contributed by atoms with Gasteiger partial charge in [-0.15, -0.1) is 11.3 Å². The third kappa shape index (κ3) is 3.06. The molecule has 3 heterocycles. The van der Waals surface area contributed by atoms with Crippen molar-refractivity contribution in [3.05, 3.63) is 35.0 Å². The number of aromatic nitrogens is 2. The molecule has 0 aliphatic rings. The van der Waals surface area contributed by atoms with E-state index >= 15 is 0 Å². The minimum Gasteiger partial charge on any atom is -0.441 e. The molecule has 0 saturated carbocycles. The molecular formula is C18H18N4O2S2. The highest BCUT2D eigenvalue weighted by Crippen LogP contribution is 2.35. The first-order valence-corrected chi connectivity index (χ1v) is 10.0. The molecule has 0 unspecified atom stereocenters. The van der Waals surface area contributed by atoms with Gasteiger partial charge in [-0.05, 0) is 38.1 Å². The fourth-order valence-electron chi connectivity index (χ4n) is 2.78. The zero-order valence-corrected chi connectivity index (χ0v) is 16.3. The number of oxazole rings is 1. The van der Waals surface area contributed by atoms with E-state index in [9.17, 15) is 4.79 Å². The van der Waals surface area contributed by atoms with Crippen LogP contribution < -0.4 is 10.2 Å². The number of hydrogen-bond acceptors (Lipinski definition) is 7. The molecule has 4 aromatic rings. The molecular weight excluding hydrogens is 368 g/mol. The van der Waals surface area contributed by atoms with Crippen molar-refractivity contribution in [2.24, 2.45) is 0 Å². The Hall–Kier alpha value is -2.45. The number of thiazole rings is 1. The van der Waals surface area contributed by atoms with E-state index < -0.39 is 0 Å². The van der Waals surface area contributed by atoms with Crippen molar-refractivity contribution in [2.45, 2.75) is 20.8 Å². The van der Waals surface area contributed by atoms with Crippen molar-refractivity contribution in [1.29, 1.82) is 0 Å². The summed E-state index contributed by atoms with van der Waals surface area (Å²) in [4.78, 5) is 25.3. The van der Waals surface area contributed by atoms with Crippen LogP contribution in [0.25, 0.3) is 20.6 Å². The number of benzene rings is 1. The fraction of sp³-hybridized carbons (Fsp3) is 0.278. The van der Waals surface area contributed by atoms with Gasteiger partial charge in [0.1, 0.15) is 10.3 Å². The molecule has 1 N–H and O–H groups in total. The lowest BCUT2D eigenvalue weighted by Crippen LogP contribution is -2.21. The summed E-state index contributed by atoms with van der Waals surface area (Å²) in [7, 11) is 0. The summed E-state index contributed by atoms with van der Waals surface area (Å²) in [5.74, 6) is 0.473. The summed E-state index contributed by atoms with van der Waals surface area (Å²) in [6.45, 7) is 7.88. The molecule has 134 valence electrons. The number of carbonyl (C=O) groups excluding carboxylic acids is 1. The summed E-state index contributed by atoms with van der Waals surface area (Å²) < 4.78 is 6.50. The first-order chi connectivity index (χ1) is 12.6. The van der Waals surface area contributed by atoms with Crippen molar-refractivity contribution in [3.63, 3.8) is 0 Å². The molecule has 0 spiro atoms. The van der Waals surface area contributed by atoms with E-state index in [2.05, 4.69) is 34.0 Å². The maximum Gasteiger partial charge on any atom is 0.265 e. The lowest BCUT2D eigenvalue weighted by atomic mass is 10.3. The number of rotatable bonds is 5. The predicted octanol–water partition coefficient (Wildman–Crippen LogP) is 4.91. The normalized spacial score (nSPS) is 11.3. The Balaban J connectivity index is 1.55. The number of nitrogens with zero attached hydrogens (tertiary/aromatic N) is 3. The summed E-state index contributed by atoms with van der Waals surface area (Å²) in [5, 5.41) is 3.94. The Morgan fingerprint density at radius 2 is 2.00 bits per heavy atom. The molecule has 0 atom stereocenters. The highest BCUT2D eigenvalue weighted by atomic mass is 32.1. The number of aryl methyl sites for hydroxylation is 1. The van der Waals surface area contributed by atoms with Gasteiger partial charge in [0.2, 0.25) is 0 Å². The van der Waals surface area contributed by atoms with Gasteiger partial charge >= 0.3 is 0 Å². The van der Waals surface area contributed by atoms with E-state index in [1.54, 1.807) is 18.3 Å². The number of carbonyl (C=O) groups is 1. The molecule has 1 aromatic carbocycles. The minimum absolute atomic E-state index is 0.135. The second-order valence-electron chi connectivity index (χ2n) is 5.82. The Labute approximate surface area is 158 Å². The van der Waals surface area contributed by atoms with E-state index in [1.165, 1.54) is 11.3 Å². The smallest absolute Gasteiger partial charge is 0.265 e. The molecule has 0 radical (unpaired) electrons. The maximum atomic E-state index is 12.6. The van der Waals surface area contributed by atoms with Gasteiger partial charge in [-0.3, -0.25) is 4.79 Å². The SMILES string of the molecule is CCN(CC)c1nc2sc(C(=O)Nc3ccc4oc(C)nc4c3)cc2s1. The van der Waals surface area contributed by atoms with Gasteiger partial charge in [0.25, 0.3) is 5.91 Å². The molecule has 1 amide bonds. The van der Waals surface area contributed by atoms with Crippen molar-refractivity contribution in [3.8, 4) is 0 Å². The third-order valence-corrected chi connectivity index (χ3v) is 6.31. The van der Waals surface area contributed by atoms with Gasteiger partial charge in [0, 0.05) is 25.7 Å². The molecule has 3 aromatic heterocycles. The zero-order chi connectivity index (χ0) is 18.3. The summed E-state index contributed by atoms with van der Waals surface area (Å²) in [6, 6.07) is 7.36. The van der Waals surface area contributed by atoms with Gasteiger partial charge in [-0.25, -0.2) is 9.97 Å². The number of fused-ring (bicyclic) bond motifs is 2. The topological polar surface area (TPSA) is 71.3 Å². The van der Waals surface area contributed by atoms with E-state index in [0.29, 0.717) is 22.0 Å². The van der Waals surface area contributed by atoms with Gasteiger partial charge in [0.15, 0.2) is 16.6 Å². The Kier molecular flexibility index (Phi) is 4.37. The minimum atomic E-state index is -0.135. The summed E-state index contributed by atoms with van der Waals surface area (Å²) in [5.41, 5.74) is 2.15. The molecule has 0 bridgehead atoms. The van der Waals surface area contributed by atoms with Crippen LogP contribution in [0.4, 0.5) is 10.8 Å². The molecule has 0 saturated heterocycles. The average Bonchev–Trinajstić information content (AvgIpc) is 3.27. The van der Waals surface area contributed by atoms with Crippen LogP contribution in [0, 0.1) is 6.92 Å². The van der Waals surface area contributed by atoms with Crippen LogP contribution in [-0.2, 0) is 0 Å². The molecule has 0 aliphatic heterocycles. The van der Waals surface area contributed by atoms with Gasteiger partial charge < -0.3 is 14.6 Å². The number of hydrogen-bond donors (Lipinski definition) is 1. The lowest BCUT2D eigenvalue weighted by Gasteiger charge is -2.16. The first kappa shape index (κ1) is 17.0.